The summed E-state index contributed by atoms with van der Waals surface area (Å²) in [5.41, 5.74) is 2.22. The highest BCUT2D eigenvalue weighted by Crippen LogP contribution is 2.39. The summed E-state index contributed by atoms with van der Waals surface area (Å²) in [7, 11) is 0. The average Bonchev–Trinajstić information content (AvgIpc) is 3.25. The van der Waals surface area contributed by atoms with Gasteiger partial charge in [-0.05, 0) is 42.7 Å². The maximum absolute atomic E-state index is 4.41. The van der Waals surface area contributed by atoms with Crippen LogP contribution in [0.1, 0.15) is 24.4 Å². The monoisotopic (exact) mass is 386 g/mol. The lowest BCUT2D eigenvalue weighted by atomic mass is 10.1. The van der Waals surface area contributed by atoms with Gasteiger partial charge in [-0.25, -0.2) is 0 Å². The van der Waals surface area contributed by atoms with Crippen LogP contribution in [0.3, 0.4) is 0 Å². The zero-order valence-corrected chi connectivity index (χ0v) is 14.8. The molecule has 1 aliphatic rings. The third-order valence-electron chi connectivity index (χ3n) is 4.05. The molecule has 116 valence electrons. The Morgan fingerprint density at radius 3 is 2.74 bits per heavy atom. The van der Waals surface area contributed by atoms with E-state index in [0.29, 0.717) is 6.04 Å². The molecule has 1 saturated heterocycles. The van der Waals surface area contributed by atoms with Gasteiger partial charge in [0.2, 0.25) is 5.13 Å². The molecule has 4 nitrogen and oxygen atoms in total. The van der Waals surface area contributed by atoms with E-state index in [-0.39, 0.29) is 0 Å². The van der Waals surface area contributed by atoms with E-state index in [2.05, 4.69) is 60.3 Å². The molecule has 3 heterocycles. The Labute approximate surface area is 147 Å². The topological polar surface area (TPSA) is 41.9 Å². The molecule has 0 bridgehead atoms. The van der Waals surface area contributed by atoms with Crippen LogP contribution in [0, 0.1) is 0 Å². The molecule has 0 saturated carbocycles. The number of rotatable bonds is 3. The van der Waals surface area contributed by atoms with Crippen LogP contribution < -0.4 is 4.90 Å². The summed E-state index contributed by atoms with van der Waals surface area (Å²) in [6.45, 7) is 1.03. The van der Waals surface area contributed by atoms with E-state index in [0.717, 1.165) is 33.3 Å². The van der Waals surface area contributed by atoms with Gasteiger partial charge in [0.15, 0.2) is 5.01 Å². The fraction of sp³-hybridized carbons (Fsp3) is 0.235. The molecule has 1 atom stereocenters. The molecule has 3 aromatic rings. The first-order valence-corrected chi connectivity index (χ1v) is 9.19. The van der Waals surface area contributed by atoms with Gasteiger partial charge in [-0.15, -0.1) is 10.2 Å². The molecule has 1 aliphatic heterocycles. The van der Waals surface area contributed by atoms with Crippen LogP contribution in [-0.4, -0.2) is 21.7 Å². The van der Waals surface area contributed by atoms with Gasteiger partial charge in [0.1, 0.15) is 5.69 Å². The molecule has 0 spiro atoms. The van der Waals surface area contributed by atoms with Gasteiger partial charge in [-0.1, -0.05) is 45.5 Å². The molecule has 0 aliphatic carbocycles. The number of anilines is 1. The van der Waals surface area contributed by atoms with Gasteiger partial charge in [0.05, 0.1) is 6.04 Å². The summed E-state index contributed by atoms with van der Waals surface area (Å²) < 4.78 is 1.11. The van der Waals surface area contributed by atoms with Gasteiger partial charge < -0.3 is 4.90 Å². The van der Waals surface area contributed by atoms with E-state index in [9.17, 15) is 0 Å². The lowest BCUT2D eigenvalue weighted by Crippen LogP contribution is -2.22. The second-order valence-corrected chi connectivity index (χ2v) is 7.38. The van der Waals surface area contributed by atoms with Crippen LogP contribution in [0.2, 0.25) is 0 Å². The summed E-state index contributed by atoms with van der Waals surface area (Å²) in [5, 5.41) is 10.6. The standard InChI is InChI=1S/C17H15BrN4S/c18-13-8-6-12(7-9-13)15-5-3-11-22(15)17-21-20-16(23-17)14-4-1-2-10-19-14/h1-2,4,6-10,15H,3,5,11H2. The van der Waals surface area contributed by atoms with Crippen molar-refractivity contribution in [1.29, 1.82) is 0 Å². The molecule has 4 rings (SSSR count). The van der Waals surface area contributed by atoms with E-state index < -0.39 is 0 Å². The van der Waals surface area contributed by atoms with E-state index >= 15 is 0 Å². The second-order valence-electron chi connectivity index (χ2n) is 5.51. The van der Waals surface area contributed by atoms with Crippen molar-refractivity contribution in [3.8, 4) is 10.7 Å². The molecule has 1 unspecified atom stereocenters. The normalized spacial score (nSPS) is 17.6. The minimum absolute atomic E-state index is 0.382. The summed E-state index contributed by atoms with van der Waals surface area (Å²) >= 11 is 5.12. The number of benzene rings is 1. The molecule has 2 aromatic heterocycles. The lowest BCUT2D eigenvalue weighted by Gasteiger charge is -2.23. The lowest BCUT2D eigenvalue weighted by molar-refractivity contribution is 0.714. The Morgan fingerprint density at radius 2 is 1.96 bits per heavy atom. The SMILES string of the molecule is Brc1ccc(C2CCCN2c2nnc(-c3ccccn3)s2)cc1. The van der Waals surface area contributed by atoms with E-state index in [1.54, 1.807) is 17.5 Å². The van der Waals surface area contributed by atoms with Gasteiger partial charge in [-0.3, -0.25) is 4.98 Å². The molecule has 0 radical (unpaired) electrons. The first-order chi connectivity index (χ1) is 11.3. The molecule has 23 heavy (non-hydrogen) atoms. The highest BCUT2D eigenvalue weighted by atomic mass is 79.9. The smallest absolute Gasteiger partial charge is 0.209 e. The molecule has 0 amide bonds. The first-order valence-electron chi connectivity index (χ1n) is 7.58. The van der Waals surface area contributed by atoms with Crippen molar-refractivity contribution in [2.45, 2.75) is 18.9 Å². The Balaban J connectivity index is 1.62. The van der Waals surface area contributed by atoms with E-state index in [1.165, 1.54) is 12.0 Å². The highest BCUT2D eigenvalue weighted by Gasteiger charge is 2.28. The quantitative estimate of drug-likeness (QED) is 0.653. The van der Waals surface area contributed by atoms with E-state index in [4.69, 9.17) is 0 Å². The van der Waals surface area contributed by atoms with Gasteiger partial charge in [0, 0.05) is 17.2 Å². The zero-order valence-electron chi connectivity index (χ0n) is 12.4. The minimum Gasteiger partial charge on any atom is -0.340 e. The van der Waals surface area contributed by atoms with Crippen LogP contribution in [-0.2, 0) is 0 Å². The Hall–Kier alpha value is -1.79. The second kappa shape index (κ2) is 6.37. The predicted octanol–water partition coefficient (Wildman–Crippen LogP) is 4.70. The Morgan fingerprint density at radius 1 is 1.09 bits per heavy atom. The van der Waals surface area contributed by atoms with Crippen LogP contribution in [0.25, 0.3) is 10.7 Å². The van der Waals surface area contributed by atoms with Crippen molar-refractivity contribution >= 4 is 32.4 Å². The fourth-order valence-electron chi connectivity index (χ4n) is 2.95. The number of hydrogen-bond acceptors (Lipinski definition) is 5. The predicted molar refractivity (Wildman–Crippen MR) is 96.6 cm³/mol. The molecule has 1 aromatic carbocycles. The van der Waals surface area contributed by atoms with Crippen LogP contribution in [0.4, 0.5) is 5.13 Å². The minimum atomic E-state index is 0.382. The number of aromatic nitrogens is 3. The molecule has 1 fully saturated rings. The number of nitrogens with zero attached hydrogens (tertiary/aromatic N) is 4. The Bertz CT molecular complexity index is 788. The average molecular weight is 387 g/mol. The molecular weight excluding hydrogens is 372 g/mol. The van der Waals surface area contributed by atoms with Crippen molar-refractivity contribution in [3.63, 3.8) is 0 Å². The number of halogens is 1. The number of pyridine rings is 1. The van der Waals surface area contributed by atoms with Crippen molar-refractivity contribution < 1.29 is 0 Å². The maximum Gasteiger partial charge on any atom is 0.209 e. The van der Waals surface area contributed by atoms with Crippen LogP contribution in [0.5, 0.6) is 0 Å². The van der Waals surface area contributed by atoms with Gasteiger partial charge in [-0.2, -0.15) is 0 Å². The van der Waals surface area contributed by atoms with E-state index in [1.807, 2.05) is 18.2 Å². The van der Waals surface area contributed by atoms with Crippen LogP contribution >= 0.6 is 27.3 Å². The summed E-state index contributed by atoms with van der Waals surface area (Å²) in [6, 6.07) is 14.8. The summed E-state index contributed by atoms with van der Waals surface area (Å²) in [6.07, 6.45) is 4.12. The fourth-order valence-corrected chi connectivity index (χ4v) is 4.11. The molecule has 6 heteroatoms. The Kier molecular flexibility index (Phi) is 4.10. The zero-order chi connectivity index (χ0) is 15.6. The van der Waals surface area contributed by atoms with Gasteiger partial charge >= 0.3 is 0 Å². The largest absolute Gasteiger partial charge is 0.340 e. The maximum atomic E-state index is 4.41. The van der Waals surface area contributed by atoms with Crippen LogP contribution in [0.15, 0.2) is 53.1 Å². The molecule has 0 N–H and O–H groups in total. The number of hydrogen-bond donors (Lipinski definition) is 0. The van der Waals surface area contributed by atoms with Crippen molar-refractivity contribution in [3.05, 3.63) is 58.7 Å². The van der Waals surface area contributed by atoms with Crippen molar-refractivity contribution in [1.82, 2.24) is 15.2 Å². The third-order valence-corrected chi connectivity index (χ3v) is 5.56. The van der Waals surface area contributed by atoms with Crippen molar-refractivity contribution in [2.24, 2.45) is 0 Å². The highest BCUT2D eigenvalue weighted by molar-refractivity contribution is 9.10. The third kappa shape index (κ3) is 3.01. The first kappa shape index (κ1) is 14.8. The van der Waals surface area contributed by atoms with Crippen molar-refractivity contribution in [2.75, 3.05) is 11.4 Å². The molecular formula is C17H15BrN4S. The summed E-state index contributed by atoms with van der Waals surface area (Å²) in [4.78, 5) is 6.73. The summed E-state index contributed by atoms with van der Waals surface area (Å²) in [5.74, 6) is 0. The van der Waals surface area contributed by atoms with Gasteiger partial charge in [0.25, 0.3) is 0 Å².